The molecule has 1 saturated heterocycles. The van der Waals surface area contributed by atoms with Crippen LogP contribution in [-0.2, 0) is 11.8 Å². The highest BCUT2D eigenvalue weighted by Crippen LogP contribution is 2.33. The highest BCUT2D eigenvalue weighted by Gasteiger charge is 2.45. The normalized spacial score (nSPS) is 18.8. The molecule has 1 aromatic heterocycles. The first kappa shape index (κ1) is 24.7. The number of aliphatic hydroxyl groups excluding tert-OH is 1. The summed E-state index contributed by atoms with van der Waals surface area (Å²) < 4.78 is 15.0. The molecule has 0 spiro atoms. The van der Waals surface area contributed by atoms with Gasteiger partial charge < -0.3 is 27.4 Å². The molecule has 1 amide bonds. The molecule has 2 atom stereocenters. The van der Waals surface area contributed by atoms with Crippen molar-refractivity contribution in [3.8, 4) is 11.3 Å². The molecule has 12 nitrogen and oxygen atoms in total. The SMILES string of the molecule is CC(O)C1(C(=O)Nc2ccc3c(c2)c(-c2ccc(F)cc2)nn3C)CCNC1.N/N=N/N=N/N. The molecule has 1 aliphatic rings. The maximum absolute atomic E-state index is 13.3. The Labute approximate surface area is 194 Å². The van der Waals surface area contributed by atoms with Gasteiger partial charge in [0.25, 0.3) is 0 Å². The highest BCUT2D eigenvalue weighted by atomic mass is 19.1. The predicted octanol–water partition coefficient (Wildman–Crippen LogP) is 2.23. The average Bonchev–Trinajstić information content (AvgIpc) is 3.45. The lowest BCUT2D eigenvalue weighted by atomic mass is 9.81. The van der Waals surface area contributed by atoms with Crippen LogP contribution in [0, 0.1) is 11.2 Å². The predicted molar refractivity (Wildman–Crippen MR) is 124 cm³/mol. The standard InChI is InChI=1S/C21H23FN4O2.H4N6/c1-13(27)21(9-10-23-12-21)20(28)24-16-7-8-18-17(11-16)19(25-26(18)2)14-3-5-15(22)6-4-14;1-3-5-6-4-2/h3-8,11,13,23,27H,9-10,12H2,1-2H3,(H,24,28);(H2,1,4,5)(H2,2,3,6). The summed E-state index contributed by atoms with van der Waals surface area (Å²) in [4.78, 5) is 12.9. The maximum atomic E-state index is 13.3. The number of aliphatic hydroxyl groups is 1. The largest absolute Gasteiger partial charge is 0.392 e. The summed E-state index contributed by atoms with van der Waals surface area (Å²) in [5.74, 6) is 8.43. The number of carbonyl (C=O) groups excluding carboxylic acids is 1. The van der Waals surface area contributed by atoms with Crippen molar-refractivity contribution < 1.29 is 14.3 Å². The summed E-state index contributed by atoms with van der Waals surface area (Å²) in [6.07, 6.45) is -0.161. The van der Waals surface area contributed by atoms with Gasteiger partial charge in [0.2, 0.25) is 5.91 Å². The molecular weight excluding hydrogens is 443 g/mol. The van der Waals surface area contributed by atoms with Crippen LogP contribution in [0.1, 0.15) is 13.3 Å². The topological polar surface area (TPSA) is 181 Å². The molecule has 2 unspecified atom stereocenters. The van der Waals surface area contributed by atoms with Gasteiger partial charge in [-0.2, -0.15) is 5.10 Å². The van der Waals surface area contributed by atoms with E-state index in [9.17, 15) is 14.3 Å². The van der Waals surface area contributed by atoms with Gasteiger partial charge in [-0.1, -0.05) is 10.4 Å². The lowest BCUT2D eigenvalue weighted by Gasteiger charge is -2.29. The van der Waals surface area contributed by atoms with Crippen molar-refractivity contribution in [2.75, 3.05) is 18.4 Å². The van der Waals surface area contributed by atoms with Crippen LogP contribution >= 0.6 is 0 Å². The lowest BCUT2D eigenvalue weighted by Crippen LogP contribution is -2.46. The zero-order valence-electron chi connectivity index (χ0n) is 18.8. The Bertz CT molecular complexity index is 1170. The zero-order chi connectivity index (χ0) is 24.7. The number of amides is 1. The Kier molecular flexibility index (Phi) is 7.81. The molecule has 180 valence electrons. The van der Waals surface area contributed by atoms with Gasteiger partial charge >= 0.3 is 0 Å². The van der Waals surface area contributed by atoms with E-state index in [-0.39, 0.29) is 11.7 Å². The summed E-state index contributed by atoms with van der Waals surface area (Å²) in [7, 11) is 1.85. The molecule has 7 N–H and O–H groups in total. The molecule has 0 saturated carbocycles. The van der Waals surface area contributed by atoms with Gasteiger partial charge in [0, 0.05) is 30.2 Å². The summed E-state index contributed by atoms with van der Waals surface area (Å²) in [6.45, 7) is 2.81. The summed E-state index contributed by atoms with van der Waals surface area (Å²) >= 11 is 0. The number of hydrogen-bond acceptors (Lipinski definition) is 6. The molecule has 2 heterocycles. The number of hydrogen-bond donors (Lipinski definition) is 5. The summed E-state index contributed by atoms with van der Waals surface area (Å²) in [6, 6.07) is 11.8. The Balaban J connectivity index is 0.000000481. The monoisotopic (exact) mass is 470 g/mol. The first-order valence-corrected chi connectivity index (χ1v) is 10.5. The van der Waals surface area contributed by atoms with Gasteiger partial charge in [0.05, 0.1) is 17.0 Å². The Morgan fingerprint density at radius 1 is 1.24 bits per heavy atom. The van der Waals surface area contributed by atoms with E-state index in [4.69, 9.17) is 0 Å². The Hall–Kier alpha value is -3.97. The van der Waals surface area contributed by atoms with E-state index in [2.05, 4.69) is 48.3 Å². The summed E-state index contributed by atoms with van der Waals surface area (Å²) in [5.41, 5.74) is 2.24. The minimum absolute atomic E-state index is 0.195. The molecule has 0 bridgehead atoms. The number of carbonyl (C=O) groups is 1. The van der Waals surface area contributed by atoms with Crippen LogP contribution in [-0.4, -0.2) is 40.0 Å². The molecule has 2 aromatic carbocycles. The fourth-order valence-corrected chi connectivity index (χ4v) is 3.92. The number of anilines is 1. The van der Waals surface area contributed by atoms with E-state index in [1.807, 2.05) is 25.2 Å². The number of nitrogens with two attached hydrogens (primary N) is 2. The van der Waals surface area contributed by atoms with Gasteiger partial charge in [-0.25, -0.2) is 4.39 Å². The van der Waals surface area contributed by atoms with Crippen molar-refractivity contribution in [1.29, 1.82) is 0 Å². The number of fused-ring (bicyclic) bond motifs is 1. The van der Waals surface area contributed by atoms with E-state index in [0.29, 0.717) is 25.2 Å². The number of aryl methyl sites for hydroxylation is 1. The second kappa shape index (κ2) is 10.8. The zero-order valence-corrected chi connectivity index (χ0v) is 18.8. The molecule has 13 heteroatoms. The molecule has 1 aliphatic heterocycles. The number of rotatable bonds is 5. The van der Waals surface area contributed by atoms with Crippen molar-refractivity contribution >= 4 is 22.5 Å². The number of halogens is 1. The smallest absolute Gasteiger partial charge is 0.234 e. The van der Waals surface area contributed by atoms with Gasteiger partial charge in [0.1, 0.15) is 11.5 Å². The molecule has 0 radical (unpaired) electrons. The maximum Gasteiger partial charge on any atom is 0.234 e. The van der Waals surface area contributed by atoms with Crippen molar-refractivity contribution in [1.82, 2.24) is 15.1 Å². The fraction of sp³-hybridized carbons (Fsp3) is 0.333. The fourth-order valence-electron chi connectivity index (χ4n) is 3.92. The molecule has 1 fully saturated rings. The number of aromatic nitrogens is 2. The van der Waals surface area contributed by atoms with Crippen LogP contribution in [0.2, 0.25) is 0 Å². The first-order valence-electron chi connectivity index (χ1n) is 10.5. The van der Waals surface area contributed by atoms with Crippen LogP contribution in [0.15, 0.2) is 63.4 Å². The van der Waals surface area contributed by atoms with Crippen LogP contribution in [0.4, 0.5) is 10.1 Å². The van der Waals surface area contributed by atoms with E-state index in [1.165, 1.54) is 12.1 Å². The lowest BCUT2D eigenvalue weighted by molar-refractivity contribution is -0.130. The van der Waals surface area contributed by atoms with E-state index in [0.717, 1.165) is 22.2 Å². The minimum Gasteiger partial charge on any atom is -0.392 e. The van der Waals surface area contributed by atoms with E-state index >= 15 is 0 Å². The van der Waals surface area contributed by atoms with Gasteiger partial charge in [-0.15, -0.1) is 0 Å². The second-order valence-electron chi connectivity index (χ2n) is 7.83. The van der Waals surface area contributed by atoms with Crippen molar-refractivity contribution in [2.24, 2.45) is 45.0 Å². The third-order valence-corrected chi connectivity index (χ3v) is 5.81. The Morgan fingerprint density at radius 3 is 2.47 bits per heavy atom. The second-order valence-corrected chi connectivity index (χ2v) is 7.83. The van der Waals surface area contributed by atoms with Crippen LogP contribution in [0.5, 0.6) is 0 Å². The first-order chi connectivity index (χ1) is 16.3. The van der Waals surface area contributed by atoms with Gasteiger partial charge in [-0.05, 0) is 72.8 Å². The molecular formula is C21H27FN10O2. The van der Waals surface area contributed by atoms with E-state index in [1.54, 1.807) is 23.7 Å². The quantitative estimate of drug-likeness (QED) is 0.216. The van der Waals surface area contributed by atoms with E-state index < -0.39 is 11.5 Å². The molecule has 0 aliphatic carbocycles. The highest BCUT2D eigenvalue weighted by molar-refractivity contribution is 6.00. The minimum atomic E-state index is -0.830. The number of nitrogens with one attached hydrogen (secondary N) is 2. The van der Waals surface area contributed by atoms with Crippen molar-refractivity contribution in [2.45, 2.75) is 19.4 Å². The van der Waals surface area contributed by atoms with Crippen molar-refractivity contribution in [3.63, 3.8) is 0 Å². The molecule has 34 heavy (non-hydrogen) atoms. The average molecular weight is 471 g/mol. The van der Waals surface area contributed by atoms with Crippen LogP contribution in [0.25, 0.3) is 22.2 Å². The van der Waals surface area contributed by atoms with Crippen LogP contribution < -0.4 is 22.3 Å². The summed E-state index contributed by atoms with van der Waals surface area (Å²) in [5, 5.41) is 32.8. The van der Waals surface area contributed by atoms with Crippen molar-refractivity contribution in [3.05, 3.63) is 48.3 Å². The Morgan fingerprint density at radius 2 is 1.91 bits per heavy atom. The van der Waals surface area contributed by atoms with Crippen LogP contribution in [0.3, 0.4) is 0 Å². The van der Waals surface area contributed by atoms with Gasteiger partial charge in [-0.3, -0.25) is 9.48 Å². The third-order valence-electron chi connectivity index (χ3n) is 5.81. The molecule has 4 rings (SSSR count). The number of nitrogens with zero attached hydrogens (tertiary/aromatic N) is 6. The van der Waals surface area contributed by atoms with Gasteiger partial charge in [0.15, 0.2) is 0 Å². The third kappa shape index (κ3) is 5.15. The molecule has 3 aromatic rings. The number of benzene rings is 2.